The number of likely N-dealkylation sites (tertiary alicyclic amines) is 1. The van der Waals surface area contributed by atoms with Gasteiger partial charge in [-0.1, -0.05) is 29.3 Å². The van der Waals surface area contributed by atoms with Crippen molar-refractivity contribution < 1.29 is 24.2 Å². The Bertz CT molecular complexity index is 1510. The van der Waals surface area contributed by atoms with Crippen molar-refractivity contribution in [1.29, 1.82) is 0 Å². The number of fused-ring (bicyclic) bond motifs is 1. The molecule has 2 saturated heterocycles. The largest absolute Gasteiger partial charge is 0.480 e. The number of hydrogen-bond donors (Lipinski definition) is 2. The summed E-state index contributed by atoms with van der Waals surface area (Å²) in [5, 5.41) is 16.5. The number of carboxylic acids is 1. The van der Waals surface area contributed by atoms with Gasteiger partial charge in [0.25, 0.3) is 0 Å². The number of aliphatic carboxylic acids is 1. The van der Waals surface area contributed by atoms with Crippen molar-refractivity contribution in [2.75, 3.05) is 36.4 Å². The molecule has 3 aromatic rings. The summed E-state index contributed by atoms with van der Waals surface area (Å²) in [7, 11) is 0. The molecule has 1 aromatic carbocycles. The van der Waals surface area contributed by atoms with Crippen LogP contribution in [0.15, 0.2) is 29.6 Å². The number of anilines is 2. The molecular formula is C28H32Cl2N6O5S. The molecule has 42 heavy (non-hydrogen) atoms. The number of thiophene rings is 1. The number of hydrogen-bond acceptors (Lipinski definition) is 9. The normalized spacial score (nSPS) is 19.3. The molecule has 4 heterocycles. The lowest BCUT2D eigenvalue weighted by Gasteiger charge is -2.41. The van der Waals surface area contributed by atoms with Crippen LogP contribution in [0.4, 0.5) is 16.6 Å². The van der Waals surface area contributed by atoms with Crippen LogP contribution in [-0.4, -0.2) is 86.7 Å². The van der Waals surface area contributed by atoms with Crippen molar-refractivity contribution in [1.82, 2.24) is 19.8 Å². The fourth-order valence-electron chi connectivity index (χ4n) is 5.15. The number of aromatic nitrogens is 2. The summed E-state index contributed by atoms with van der Waals surface area (Å²) < 4.78 is 6.35. The number of rotatable bonds is 6. The fourth-order valence-corrected chi connectivity index (χ4v) is 6.42. The SMILES string of the molecule is CC(C)(C)OC(=O)N1CCC[C@@H]1C(=O)N1CCN(c2nc(NCc3ccc(Cl)cc3Cl)c3sccc3n2)CC1C(=O)O. The summed E-state index contributed by atoms with van der Waals surface area (Å²) in [6, 6.07) is 5.26. The molecule has 2 fully saturated rings. The zero-order chi connectivity index (χ0) is 30.2. The number of ether oxygens (including phenoxy) is 1. The number of carboxylic acid groups (broad SMARTS) is 1. The molecule has 0 aliphatic carbocycles. The second kappa shape index (κ2) is 12.1. The topological polar surface area (TPSA) is 128 Å². The van der Waals surface area contributed by atoms with Crippen molar-refractivity contribution in [2.45, 2.75) is 57.8 Å². The van der Waals surface area contributed by atoms with Gasteiger partial charge in [0.1, 0.15) is 23.5 Å². The van der Waals surface area contributed by atoms with Gasteiger partial charge in [0.05, 0.1) is 16.8 Å². The molecule has 0 spiro atoms. The van der Waals surface area contributed by atoms with Gasteiger partial charge in [0, 0.05) is 36.2 Å². The minimum atomic E-state index is -1.14. The van der Waals surface area contributed by atoms with E-state index in [-0.39, 0.29) is 19.0 Å². The highest BCUT2D eigenvalue weighted by atomic mass is 35.5. The summed E-state index contributed by atoms with van der Waals surface area (Å²) >= 11 is 13.9. The molecule has 224 valence electrons. The summed E-state index contributed by atoms with van der Waals surface area (Å²) in [5.41, 5.74) is 0.858. The Hall–Kier alpha value is -3.35. The molecule has 2 N–H and O–H groups in total. The third-order valence-corrected chi connectivity index (χ3v) is 8.65. The van der Waals surface area contributed by atoms with Gasteiger partial charge >= 0.3 is 12.1 Å². The predicted octanol–water partition coefficient (Wildman–Crippen LogP) is 5.11. The average molecular weight is 636 g/mol. The van der Waals surface area contributed by atoms with Gasteiger partial charge in [-0.05, 0) is 62.8 Å². The quantitative estimate of drug-likeness (QED) is 0.380. The van der Waals surface area contributed by atoms with E-state index in [1.54, 1.807) is 37.8 Å². The van der Waals surface area contributed by atoms with Gasteiger partial charge in [-0.25, -0.2) is 14.6 Å². The third-order valence-electron chi connectivity index (χ3n) is 7.15. The first-order valence-corrected chi connectivity index (χ1v) is 15.3. The smallest absolute Gasteiger partial charge is 0.410 e. The number of nitrogens with one attached hydrogen (secondary N) is 1. The Labute approximate surface area is 257 Å². The Morgan fingerprint density at radius 1 is 1.10 bits per heavy atom. The van der Waals surface area contributed by atoms with Crippen molar-refractivity contribution in [2.24, 2.45) is 0 Å². The Kier molecular flexibility index (Phi) is 8.68. The van der Waals surface area contributed by atoms with E-state index in [1.165, 1.54) is 21.1 Å². The minimum absolute atomic E-state index is 0.00166. The van der Waals surface area contributed by atoms with Gasteiger partial charge in [0.15, 0.2) is 0 Å². The molecule has 2 aliphatic rings. The fraction of sp³-hybridized carbons (Fsp3) is 0.464. The number of nitrogens with zero attached hydrogens (tertiary/aromatic N) is 5. The van der Waals surface area contributed by atoms with Crippen LogP contribution < -0.4 is 10.2 Å². The minimum Gasteiger partial charge on any atom is -0.480 e. The molecule has 0 radical (unpaired) electrons. The zero-order valence-corrected chi connectivity index (χ0v) is 25.8. The van der Waals surface area contributed by atoms with Gasteiger partial charge < -0.3 is 25.0 Å². The first kappa shape index (κ1) is 30.1. The summed E-state index contributed by atoms with van der Waals surface area (Å²) in [6.45, 7) is 6.54. The van der Waals surface area contributed by atoms with E-state index in [1.807, 2.05) is 17.5 Å². The monoisotopic (exact) mass is 634 g/mol. The molecule has 11 nitrogen and oxygen atoms in total. The van der Waals surface area contributed by atoms with E-state index in [9.17, 15) is 19.5 Å². The summed E-state index contributed by atoms with van der Waals surface area (Å²) in [5.74, 6) is -0.565. The molecule has 2 amide bonds. The van der Waals surface area contributed by atoms with Crippen LogP contribution in [0.3, 0.4) is 0 Å². The maximum absolute atomic E-state index is 13.6. The average Bonchev–Trinajstić information content (AvgIpc) is 3.61. The zero-order valence-electron chi connectivity index (χ0n) is 23.5. The lowest BCUT2D eigenvalue weighted by Crippen LogP contribution is -2.62. The van der Waals surface area contributed by atoms with Gasteiger partial charge in [-0.2, -0.15) is 4.98 Å². The van der Waals surface area contributed by atoms with Crippen LogP contribution in [-0.2, 0) is 20.9 Å². The highest BCUT2D eigenvalue weighted by Crippen LogP contribution is 2.31. The van der Waals surface area contributed by atoms with Crippen LogP contribution in [0.5, 0.6) is 0 Å². The van der Waals surface area contributed by atoms with Crippen LogP contribution in [0.1, 0.15) is 39.2 Å². The lowest BCUT2D eigenvalue weighted by molar-refractivity contribution is -0.152. The van der Waals surface area contributed by atoms with E-state index < -0.39 is 29.7 Å². The molecule has 0 bridgehead atoms. The molecule has 2 aromatic heterocycles. The summed E-state index contributed by atoms with van der Waals surface area (Å²) in [6.07, 6.45) is 0.523. The Balaban J connectivity index is 1.34. The highest BCUT2D eigenvalue weighted by molar-refractivity contribution is 7.17. The van der Waals surface area contributed by atoms with Crippen LogP contribution in [0.25, 0.3) is 10.2 Å². The number of carbonyl (C=O) groups is 3. The second-order valence-electron chi connectivity index (χ2n) is 11.3. The Morgan fingerprint density at radius 3 is 2.60 bits per heavy atom. The van der Waals surface area contributed by atoms with Crippen LogP contribution >= 0.6 is 34.5 Å². The van der Waals surface area contributed by atoms with Crippen LogP contribution in [0, 0.1) is 0 Å². The molecule has 2 atom stereocenters. The third kappa shape index (κ3) is 6.50. The van der Waals surface area contributed by atoms with E-state index in [0.29, 0.717) is 54.3 Å². The number of halogens is 2. The number of piperazine rings is 1. The van der Waals surface area contributed by atoms with Crippen molar-refractivity contribution in [3.63, 3.8) is 0 Å². The molecular weight excluding hydrogens is 603 g/mol. The predicted molar refractivity (Wildman–Crippen MR) is 163 cm³/mol. The molecule has 14 heteroatoms. The van der Waals surface area contributed by atoms with E-state index in [2.05, 4.69) is 5.32 Å². The van der Waals surface area contributed by atoms with E-state index in [4.69, 9.17) is 37.9 Å². The highest BCUT2D eigenvalue weighted by Gasteiger charge is 2.44. The van der Waals surface area contributed by atoms with Crippen molar-refractivity contribution in [3.05, 3.63) is 45.3 Å². The van der Waals surface area contributed by atoms with Crippen molar-refractivity contribution >= 4 is 74.5 Å². The number of benzene rings is 1. The molecule has 1 unspecified atom stereocenters. The molecule has 5 rings (SSSR count). The lowest BCUT2D eigenvalue weighted by atomic mass is 10.1. The Morgan fingerprint density at radius 2 is 1.88 bits per heavy atom. The first-order chi connectivity index (χ1) is 19.9. The number of carbonyl (C=O) groups excluding carboxylic acids is 2. The van der Waals surface area contributed by atoms with Crippen LogP contribution in [0.2, 0.25) is 10.0 Å². The van der Waals surface area contributed by atoms with Gasteiger partial charge in [0.2, 0.25) is 11.9 Å². The van der Waals surface area contributed by atoms with Crippen molar-refractivity contribution in [3.8, 4) is 0 Å². The maximum atomic E-state index is 13.6. The second-order valence-corrected chi connectivity index (χ2v) is 13.0. The number of amides is 2. The molecule has 0 saturated carbocycles. The standard InChI is InChI=1S/C28H32Cl2N6O5S/c1-28(2,3)41-27(40)36-9-4-5-20(36)24(37)35-11-10-34(15-21(35)25(38)39)26-32-19-8-12-42-22(19)23(33-26)31-14-16-6-7-17(29)13-18(16)30/h6-8,12-13,20-21H,4-5,9-11,14-15H2,1-3H3,(H,38,39)(H,31,32,33)/t20-,21?/m1/s1. The summed E-state index contributed by atoms with van der Waals surface area (Å²) in [4.78, 5) is 52.8. The molecule has 2 aliphatic heterocycles. The van der Waals surface area contributed by atoms with Gasteiger partial charge in [-0.3, -0.25) is 9.69 Å². The van der Waals surface area contributed by atoms with E-state index >= 15 is 0 Å². The van der Waals surface area contributed by atoms with E-state index in [0.717, 1.165) is 15.8 Å². The first-order valence-electron chi connectivity index (χ1n) is 13.6. The maximum Gasteiger partial charge on any atom is 0.410 e. The van der Waals surface area contributed by atoms with Gasteiger partial charge in [-0.15, -0.1) is 11.3 Å².